The van der Waals surface area contributed by atoms with Gasteiger partial charge < -0.3 is 15.1 Å². The van der Waals surface area contributed by atoms with Crippen molar-refractivity contribution >= 4 is 33.2 Å². The summed E-state index contributed by atoms with van der Waals surface area (Å²) in [6.45, 7) is 3.27. The van der Waals surface area contributed by atoms with Crippen LogP contribution in [0.1, 0.15) is 28.6 Å². The van der Waals surface area contributed by atoms with Crippen LogP contribution in [-0.4, -0.2) is 20.2 Å². The van der Waals surface area contributed by atoms with E-state index >= 15 is 0 Å². The lowest BCUT2D eigenvalue weighted by molar-refractivity contribution is -0.114. The molecular formula is C21H21N3O5S. The number of amides is 2. The number of anilines is 2. The van der Waals surface area contributed by atoms with Crippen LogP contribution in [-0.2, 0) is 21.4 Å². The Morgan fingerprint density at radius 1 is 0.967 bits per heavy atom. The molecule has 0 aliphatic rings. The first-order valence-electron chi connectivity index (χ1n) is 9.06. The minimum atomic E-state index is -3.75. The Hall–Kier alpha value is -3.43. The third-order valence-corrected chi connectivity index (χ3v) is 5.59. The quantitative estimate of drug-likeness (QED) is 0.535. The second kappa shape index (κ2) is 8.93. The predicted molar refractivity (Wildman–Crippen MR) is 113 cm³/mol. The Labute approximate surface area is 174 Å². The Kier molecular flexibility index (Phi) is 6.34. The van der Waals surface area contributed by atoms with Crippen molar-refractivity contribution in [1.82, 2.24) is 4.72 Å². The number of nitrogens with one attached hydrogen (secondary N) is 3. The number of benzene rings is 2. The molecule has 0 aliphatic heterocycles. The molecule has 2 aromatic carbocycles. The first-order chi connectivity index (χ1) is 14.2. The van der Waals surface area contributed by atoms with E-state index in [-0.39, 0.29) is 22.9 Å². The summed E-state index contributed by atoms with van der Waals surface area (Å²) >= 11 is 0. The van der Waals surface area contributed by atoms with E-state index in [2.05, 4.69) is 15.4 Å². The van der Waals surface area contributed by atoms with Crippen LogP contribution in [0.25, 0.3) is 0 Å². The normalized spacial score (nSPS) is 11.1. The highest BCUT2D eigenvalue weighted by Crippen LogP contribution is 2.24. The summed E-state index contributed by atoms with van der Waals surface area (Å²) in [5, 5.41) is 5.41. The molecule has 0 fully saturated rings. The van der Waals surface area contributed by atoms with Gasteiger partial charge in [0.1, 0.15) is 5.76 Å². The van der Waals surface area contributed by atoms with Gasteiger partial charge in [-0.25, -0.2) is 13.1 Å². The SMILES string of the molecule is CC(=O)Nc1ccc(C)cc1NC(=O)c1ccc(S(=O)(=O)NCc2ccco2)cc1. The Balaban J connectivity index is 1.72. The minimum absolute atomic E-state index is 0.0247. The van der Waals surface area contributed by atoms with Crippen molar-refractivity contribution < 1.29 is 22.4 Å². The molecule has 0 saturated heterocycles. The summed E-state index contributed by atoms with van der Waals surface area (Å²) in [5.74, 6) is -0.201. The van der Waals surface area contributed by atoms with Gasteiger partial charge in [0.05, 0.1) is 29.1 Å². The standard InChI is InChI=1S/C21H21N3O5S/c1-14-5-10-19(23-15(2)25)20(12-14)24-21(26)16-6-8-18(9-7-16)30(27,28)22-13-17-4-3-11-29-17/h3-12,22H,13H2,1-2H3,(H,23,25)(H,24,26). The summed E-state index contributed by atoms with van der Waals surface area (Å²) in [7, 11) is -3.75. The number of rotatable bonds is 7. The molecule has 3 rings (SSSR count). The van der Waals surface area contributed by atoms with E-state index in [0.29, 0.717) is 17.1 Å². The maximum absolute atomic E-state index is 12.6. The van der Waals surface area contributed by atoms with Gasteiger partial charge in [-0.05, 0) is 61.0 Å². The van der Waals surface area contributed by atoms with Gasteiger partial charge >= 0.3 is 0 Å². The van der Waals surface area contributed by atoms with Crippen molar-refractivity contribution in [2.24, 2.45) is 0 Å². The smallest absolute Gasteiger partial charge is 0.255 e. The second-order valence-electron chi connectivity index (χ2n) is 6.61. The number of aryl methyl sites for hydroxylation is 1. The van der Waals surface area contributed by atoms with Gasteiger partial charge in [0.15, 0.2) is 0 Å². The minimum Gasteiger partial charge on any atom is -0.468 e. The van der Waals surface area contributed by atoms with Gasteiger partial charge in [-0.3, -0.25) is 9.59 Å². The molecule has 0 spiro atoms. The van der Waals surface area contributed by atoms with Crippen LogP contribution < -0.4 is 15.4 Å². The molecule has 9 heteroatoms. The highest BCUT2D eigenvalue weighted by molar-refractivity contribution is 7.89. The summed E-state index contributed by atoms with van der Waals surface area (Å²) in [4.78, 5) is 24.0. The van der Waals surface area contributed by atoms with Crippen LogP contribution in [0, 0.1) is 6.92 Å². The third-order valence-electron chi connectivity index (χ3n) is 4.18. The zero-order valence-corrected chi connectivity index (χ0v) is 17.2. The van der Waals surface area contributed by atoms with Gasteiger partial charge in [0.2, 0.25) is 15.9 Å². The molecule has 0 atom stereocenters. The lowest BCUT2D eigenvalue weighted by atomic mass is 10.1. The molecule has 8 nitrogen and oxygen atoms in total. The van der Waals surface area contributed by atoms with E-state index in [0.717, 1.165) is 5.56 Å². The van der Waals surface area contributed by atoms with Gasteiger partial charge in [-0.2, -0.15) is 0 Å². The zero-order chi connectivity index (χ0) is 21.7. The molecule has 156 valence electrons. The molecule has 3 aromatic rings. The van der Waals surface area contributed by atoms with E-state index in [1.54, 1.807) is 24.3 Å². The average molecular weight is 427 g/mol. The lowest BCUT2D eigenvalue weighted by Crippen LogP contribution is -2.23. The van der Waals surface area contributed by atoms with Crippen LogP contribution in [0.2, 0.25) is 0 Å². The fourth-order valence-electron chi connectivity index (χ4n) is 2.70. The zero-order valence-electron chi connectivity index (χ0n) is 16.4. The molecule has 0 bridgehead atoms. The Morgan fingerprint density at radius 2 is 1.70 bits per heavy atom. The average Bonchev–Trinajstić information content (AvgIpc) is 3.22. The number of sulfonamides is 1. The molecule has 0 unspecified atom stereocenters. The molecule has 0 radical (unpaired) electrons. The van der Waals surface area contributed by atoms with Gasteiger partial charge in [-0.1, -0.05) is 6.07 Å². The molecule has 30 heavy (non-hydrogen) atoms. The summed E-state index contributed by atoms with van der Waals surface area (Å²) in [6, 6.07) is 14.1. The highest BCUT2D eigenvalue weighted by atomic mass is 32.2. The number of hydrogen-bond donors (Lipinski definition) is 3. The Bertz CT molecular complexity index is 1150. The number of carbonyl (C=O) groups is 2. The third kappa shape index (κ3) is 5.34. The molecule has 1 heterocycles. The van der Waals surface area contributed by atoms with Crippen LogP contribution in [0.5, 0.6) is 0 Å². The topological polar surface area (TPSA) is 118 Å². The summed E-state index contributed by atoms with van der Waals surface area (Å²) in [6.07, 6.45) is 1.46. The van der Waals surface area contributed by atoms with Gasteiger partial charge in [0, 0.05) is 12.5 Å². The van der Waals surface area contributed by atoms with Gasteiger partial charge in [0.25, 0.3) is 5.91 Å². The molecular weight excluding hydrogens is 406 g/mol. The number of hydrogen-bond acceptors (Lipinski definition) is 5. The van der Waals surface area contributed by atoms with Crippen molar-refractivity contribution in [2.75, 3.05) is 10.6 Å². The van der Waals surface area contributed by atoms with Crippen LogP contribution in [0.3, 0.4) is 0 Å². The predicted octanol–water partition coefficient (Wildman–Crippen LogP) is 3.28. The molecule has 1 aromatic heterocycles. The lowest BCUT2D eigenvalue weighted by Gasteiger charge is -2.13. The van der Waals surface area contributed by atoms with Crippen molar-refractivity contribution in [3.05, 3.63) is 77.7 Å². The van der Waals surface area contributed by atoms with Crippen molar-refractivity contribution in [2.45, 2.75) is 25.3 Å². The highest BCUT2D eigenvalue weighted by Gasteiger charge is 2.16. The monoisotopic (exact) mass is 427 g/mol. The van der Waals surface area contributed by atoms with Crippen LogP contribution in [0.4, 0.5) is 11.4 Å². The van der Waals surface area contributed by atoms with Crippen molar-refractivity contribution in [1.29, 1.82) is 0 Å². The summed E-state index contributed by atoms with van der Waals surface area (Å²) < 4.78 is 32.3. The second-order valence-corrected chi connectivity index (χ2v) is 8.38. The summed E-state index contributed by atoms with van der Waals surface area (Å²) in [5.41, 5.74) is 2.11. The van der Waals surface area contributed by atoms with E-state index in [1.807, 2.05) is 13.0 Å². The number of furan rings is 1. The van der Waals surface area contributed by atoms with E-state index < -0.39 is 15.9 Å². The van der Waals surface area contributed by atoms with E-state index in [4.69, 9.17) is 4.42 Å². The van der Waals surface area contributed by atoms with E-state index in [1.165, 1.54) is 37.5 Å². The van der Waals surface area contributed by atoms with Crippen LogP contribution >= 0.6 is 0 Å². The first kappa shape index (κ1) is 21.3. The number of carbonyl (C=O) groups excluding carboxylic acids is 2. The fourth-order valence-corrected chi connectivity index (χ4v) is 3.70. The maximum atomic E-state index is 12.6. The first-order valence-corrected chi connectivity index (χ1v) is 10.5. The maximum Gasteiger partial charge on any atom is 0.255 e. The largest absolute Gasteiger partial charge is 0.468 e. The fraction of sp³-hybridized carbons (Fsp3) is 0.143. The van der Waals surface area contributed by atoms with Crippen molar-refractivity contribution in [3.8, 4) is 0 Å². The van der Waals surface area contributed by atoms with Crippen molar-refractivity contribution in [3.63, 3.8) is 0 Å². The van der Waals surface area contributed by atoms with E-state index in [9.17, 15) is 18.0 Å². The molecule has 3 N–H and O–H groups in total. The van der Waals surface area contributed by atoms with Crippen LogP contribution in [0.15, 0.2) is 70.2 Å². The molecule has 0 saturated carbocycles. The Morgan fingerprint density at radius 3 is 2.33 bits per heavy atom. The van der Waals surface area contributed by atoms with Gasteiger partial charge in [-0.15, -0.1) is 0 Å². The molecule has 2 amide bonds. The molecule has 0 aliphatic carbocycles.